The van der Waals surface area contributed by atoms with Crippen molar-refractivity contribution in [3.05, 3.63) is 29.8 Å². The Balaban J connectivity index is 2.17. The average molecular weight is 368 g/mol. The second kappa shape index (κ2) is 8.37. The van der Waals surface area contributed by atoms with Crippen molar-refractivity contribution in [2.75, 3.05) is 12.3 Å². The lowest BCUT2D eigenvalue weighted by Gasteiger charge is -2.17. The van der Waals surface area contributed by atoms with E-state index in [9.17, 15) is 4.79 Å². The SMILES string of the molecule is CCCC[C@@H](CC)Cn1c(N)c(C(=O)OCC)c2nc3ccccc3nc21. The highest BCUT2D eigenvalue weighted by Crippen LogP contribution is 2.30. The van der Waals surface area contributed by atoms with Gasteiger partial charge in [-0.2, -0.15) is 0 Å². The Hall–Kier alpha value is -2.63. The Morgan fingerprint density at radius 3 is 2.52 bits per heavy atom. The summed E-state index contributed by atoms with van der Waals surface area (Å²) in [6.07, 6.45) is 4.52. The van der Waals surface area contributed by atoms with Crippen LogP contribution >= 0.6 is 0 Å². The van der Waals surface area contributed by atoms with Crippen molar-refractivity contribution < 1.29 is 9.53 Å². The number of hydrogen-bond acceptors (Lipinski definition) is 5. The van der Waals surface area contributed by atoms with Gasteiger partial charge in [-0.3, -0.25) is 0 Å². The minimum absolute atomic E-state index is 0.292. The molecule has 0 amide bonds. The molecule has 2 N–H and O–H groups in total. The van der Waals surface area contributed by atoms with E-state index in [-0.39, 0.29) is 0 Å². The lowest BCUT2D eigenvalue weighted by Crippen LogP contribution is -2.14. The Morgan fingerprint density at radius 2 is 1.89 bits per heavy atom. The summed E-state index contributed by atoms with van der Waals surface area (Å²) < 4.78 is 7.19. The number of anilines is 1. The number of nitrogen functional groups attached to an aromatic ring is 1. The van der Waals surface area contributed by atoms with Gasteiger partial charge in [-0.05, 0) is 31.4 Å². The predicted octanol–water partition coefficient (Wildman–Crippen LogP) is 4.56. The van der Waals surface area contributed by atoms with E-state index in [4.69, 9.17) is 20.4 Å². The molecule has 0 spiro atoms. The number of nitrogens with zero attached hydrogens (tertiary/aromatic N) is 3. The van der Waals surface area contributed by atoms with E-state index in [0.717, 1.165) is 36.8 Å². The Morgan fingerprint density at radius 1 is 1.19 bits per heavy atom. The zero-order chi connectivity index (χ0) is 19.4. The molecule has 0 aliphatic rings. The number of carbonyl (C=O) groups is 1. The highest BCUT2D eigenvalue weighted by Gasteiger charge is 2.25. The van der Waals surface area contributed by atoms with Gasteiger partial charge in [0, 0.05) is 6.54 Å². The molecular weight excluding hydrogens is 340 g/mol. The molecule has 0 bridgehead atoms. The molecule has 2 aromatic heterocycles. The largest absolute Gasteiger partial charge is 0.462 e. The lowest BCUT2D eigenvalue weighted by atomic mass is 9.99. The summed E-state index contributed by atoms with van der Waals surface area (Å²) in [6, 6.07) is 7.65. The van der Waals surface area contributed by atoms with Crippen molar-refractivity contribution >= 4 is 34.0 Å². The molecule has 0 unspecified atom stereocenters. The minimum Gasteiger partial charge on any atom is -0.462 e. The van der Waals surface area contributed by atoms with Crippen LogP contribution in [0.3, 0.4) is 0 Å². The van der Waals surface area contributed by atoms with Crippen LogP contribution < -0.4 is 5.73 Å². The standard InChI is InChI=1S/C21H28N4O2/c1-4-7-10-14(5-2)13-25-19(22)17(21(26)27-6-3)18-20(25)24-16-12-9-8-11-15(16)23-18/h8-9,11-12,14H,4-7,10,13,22H2,1-3H3/t14-/m1/s1. The fraction of sp³-hybridized carbons (Fsp3) is 0.476. The molecule has 0 aliphatic heterocycles. The first-order valence-corrected chi connectivity index (χ1v) is 9.82. The summed E-state index contributed by atoms with van der Waals surface area (Å²) in [5.41, 5.74) is 9.47. The minimum atomic E-state index is -0.440. The smallest absolute Gasteiger partial charge is 0.344 e. The van der Waals surface area contributed by atoms with Crippen LogP contribution in [0, 0.1) is 5.92 Å². The number of nitrogens with two attached hydrogens (primary N) is 1. The molecule has 0 saturated carbocycles. The fourth-order valence-electron chi connectivity index (χ4n) is 3.48. The third-order valence-electron chi connectivity index (χ3n) is 5.06. The molecule has 1 atom stereocenters. The Kier molecular flexibility index (Phi) is 5.94. The first-order chi connectivity index (χ1) is 13.1. The number of para-hydroxylation sites is 2. The van der Waals surface area contributed by atoms with Gasteiger partial charge >= 0.3 is 5.97 Å². The molecule has 0 radical (unpaired) electrons. The fourth-order valence-corrected chi connectivity index (χ4v) is 3.48. The third kappa shape index (κ3) is 3.75. The van der Waals surface area contributed by atoms with Gasteiger partial charge in [0.1, 0.15) is 16.9 Å². The molecule has 0 fully saturated rings. The maximum Gasteiger partial charge on any atom is 0.344 e. The first kappa shape index (κ1) is 19.1. The number of fused-ring (bicyclic) bond motifs is 2. The van der Waals surface area contributed by atoms with Crippen LogP contribution in [0.25, 0.3) is 22.2 Å². The number of hydrogen-bond donors (Lipinski definition) is 1. The van der Waals surface area contributed by atoms with Crippen LogP contribution in [0.15, 0.2) is 24.3 Å². The van der Waals surface area contributed by atoms with Crippen LogP contribution in [-0.4, -0.2) is 27.1 Å². The summed E-state index contributed by atoms with van der Waals surface area (Å²) in [7, 11) is 0. The normalized spacial score (nSPS) is 12.6. The number of carbonyl (C=O) groups excluding carboxylic acids is 1. The maximum atomic E-state index is 12.6. The monoisotopic (exact) mass is 368 g/mol. The number of esters is 1. The predicted molar refractivity (Wildman–Crippen MR) is 109 cm³/mol. The number of ether oxygens (including phenoxy) is 1. The summed E-state index contributed by atoms with van der Waals surface area (Å²) >= 11 is 0. The number of rotatable bonds is 8. The van der Waals surface area contributed by atoms with Crippen LogP contribution in [0.1, 0.15) is 56.8 Å². The summed E-state index contributed by atoms with van der Waals surface area (Å²) in [6.45, 7) is 7.19. The summed E-state index contributed by atoms with van der Waals surface area (Å²) in [5.74, 6) is 0.435. The molecule has 2 heterocycles. The average Bonchev–Trinajstić information content (AvgIpc) is 2.94. The number of benzene rings is 1. The number of aromatic nitrogens is 3. The molecule has 6 heteroatoms. The zero-order valence-electron chi connectivity index (χ0n) is 16.4. The molecule has 6 nitrogen and oxygen atoms in total. The summed E-state index contributed by atoms with van der Waals surface area (Å²) in [4.78, 5) is 22.0. The van der Waals surface area contributed by atoms with Crippen molar-refractivity contribution in [3.63, 3.8) is 0 Å². The maximum absolute atomic E-state index is 12.6. The van der Waals surface area contributed by atoms with Gasteiger partial charge < -0.3 is 15.0 Å². The van der Waals surface area contributed by atoms with Gasteiger partial charge in [-0.15, -0.1) is 0 Å². The van der Waals surface area contributed by atoms with Crippen LogP contribution in [-0.2, 0) is 11.3 Å². The van der Waals surface area contributed by atoms with E-state index in [0.29, 0.717) is 35.1 Å². The van der Waals surface area contributed by atoms with E-state index in [2.05, 4.69) is 13.8 Å². The molecule has 0 aliphatic carbocycles. The molecular formula is C21H28N4O2. The molecule has 3 aromatic rings. The lowest BCUT2D eigenvalue weighted by molar-refractivity contribution is 0.0529. The van der Waals surface area contributed by atoms with Crippen molar-refractivity contribution in [1.82, 2.24) is 14.5 Å². The quantitative estimate of drug-likeness (QED) is 0.589. The van der Waals surface area contributed by atoms with Crippen molar-refractivity contribution in [2.24, 2.45) is 5.92 Å². The molecule has 27 heavy (non-hydrogen) atoms. The first-order valence-electron chi connectivity index (χ1n) is 9.82. The van der Waals surface area contributed by atoms with Crippen molar-refractivity contribution in [1.29, 1.82) is 0 Å². The molecule has 144 valence electrons. The molecule has 1 aromatic carbocycles. The van der Waals surface area contributed by atoms with Gasteiger partial charge in [0.2, 0.25) is 0 Å². The highest BCUT2D eigenvalue weighted by atomic mass is 16.5. The topological polar surface area (TPSA) is 83.0 Å². The van der Waals surface area contributed by atoms with E-state index >= 15 is 0 Å². The second-order valence-corrected chi connectivity index (χ2v) is 6.89. The number of unbranched alkanes of at least 4 members (excludes halogenated alkanes) is 1. The third-order valence-corrected chi connectivity index (χ3v) is 5.06. The van der Waals surface area contributed by atoms with Crippen LogP contribution in [0.5, 0.6) is 0 Å². The summed E-state index contributed by atoms with van der Waals surface area (Å²) in [5, 5.41) is 0. The van der Waals surface area contributed by atoms with Gasteiger partial charge in [0.15, 0.2) is 5.65 Å². The van der Waals surface area contributed by atoms with Crippen LogP contribution in [0.2, 0.25) is 0 Å². The van der Waals surface area contributed by atoms with Gasteiger partial charge in [0.05, 0.1) is 17.6 Å². The van der Waals surface area contributed by atoms with E-state index in [1.54, 1.807) is 6.92 Å². The van der Waals surface area contributed by atoms with Gasteiger partial charge in [-0.1, -0.05) is 45.2 Å². The molecule has 3 rings (SSSR count). The van der Waals surface area contributed by atoms with E-state index in [1.165, 1.54) is 6.42 Å². The van der Waals surface area contributed by atoms with E-state index < -0.39 is 5.97 Å². The van der Waals surface area contributed by atoms with Crippen molar-refractivity contribution in [3.8, 4) is 0 Å². The van der Waals surface area contributed by atoms with Gasteiger partial charge in [0.25, 0.3) is 0 Å². The Bertz CT molecular complexity index is 948. The van der Waals surface area contributed by atoms with E-state index in [1.807, 2.05) is 28.8 Å². The molecule has 0 saturated heterocycles. The zero-order valence-corrected chi connectivity index (χ0v) is 16.4. The Labute approximate surface area is 159 Å². The second-order valence-electron chi connectivity index (χ2n) is 6.89. The van der Waals surface area contributed by atoms with Crippen LogP contribution in [0.4, 0.5) is 5.82 Å². The highest BCUT2D eigenvalue weighted by molar-refractivity contribution is 6.08. The van der Waals surface area contributed by atoms with Gasteiger partial charge in [-0.25, -0.2) is 14.8 Å². The van der Waals surface area contributed by atoms with Crippen molar-refractivity contribution in [2.45, 2.75) is 53.0 Å².